The first-order valence-corrected chi connectivity index (χ1v) is 4.70. The predicted molar refractivity (Wildman–Crippen MR) is 53.1 cm³/mol. The van der Waals surface area contributed by atoms with E-state index in [1.165, 1.54) is 6.42 Å². The quantitative estimate of drug-likeness (QED) is 0.652. The van der Waals surface area contributed by atoms with Crippen LogP contribution in [0.15, 0.2) is 0 Å². The van der Waals surface area contributed by atoms with Crippen molar-refractivity contribution in [2.45, 2.75) is 19.8 Å². The topological polar surface area (TPSA) is 41.1 Å². The Hall–Kier alpha value is -0.570. The van der Waals surface area contributed by atoms with Crippen molar-refractivity contribution < 1.29 is 7.65 Å². The number of carbonyl (C=O) groups excluding carboxylic acids is 1. The van der Waals surface area contributed by atoms with E-state index < -0.39 is 0 Å². The number of piperidine rings is 1. The first kappa shape index (κ1) is 9.52. The molecule has 1 aliphatic rings. The molecule has 0 aromatic carbocycles. The highest BCUT2D eigenvalue weighted by Crippen LogP contribution is 2.18. The Balaban J connectivity index is 0. The number of rotatable bonds is 2. The molecule has 1 heterocycles. The maximum absolute atomic E-state index is 11.3. The molecule has 1 rings (SSSR count). The zero-order chi connectivity index (χ0) is 8.97. The van der Waals surface area contributed by atoms with Crippen LogP contribution in [0.1, 0.15) is 22.6 Å². The Morgan fingerprint density at radius 3 is 3.00 bits per heavy atom. The summed E-state index contributed by atoms with van der Waals surface area (Å²) in [6.45, 7) is 4.10. The molecule has 0 aliphatic carbocycles. The molecule has 1 aliphatic heterocycles. The first-order chi connectivity index (χ1) is 5.77. The lowest BCUT2D eigenvalue weighted by atomic mass is 9.88. The summed E-state index contributed by atoms with van der Waals surface area (Å²) >= 11 is 0. The summed E-state index contributed by atoms with van der Waals surface area (Å²) in [5.74, 6) is 1.05. The third-order valence-corrected chi connectivity index (χ3v) is 2.64. The summed E-state index contributed by atoms with van der Waals surface area (Å²) in [5.41, 5.74) is 0. The second-order valence-electron chi connectivity index (χ2n) is 3.48. The van der Waals surface area contributed by atoms with Gasteiger partial charge in [0.1, 0.15) is 0 Å². The van der Waals surface area contributed by atoms with Crippen LogP contribution in [-0.4, -0.2) is 26.0 Å². The lowest BCUT2D eigenvalue weighted by Gasteiger charge is -2.27. The molecule has 3 heteroatoms. The Morgan fingerprint density at radius 1 is 1.67 bits per heavy atom. The van der Waals surface area contributed by atoms with E-state index in [1.54, 1.807) is 7.05 Å². The SMILES string of the molecule is CC[C@@H]1CNC[C@H](C(=O)NC)C1.[HH].[HH]. The molecule has 0 unspecified atom stereocenters. The highest BCUT2D eigenvalue weighted by Gasteiger charge is 2.24. The van der Waals surface area contributed by atoms with Gasteiger partial charge in [-0.25, -0.2) is 0 Å². The van der Waals surface area contributed by atoms with Gasteiger partial charge in [0.25, 0.3) is 0 Å². The average Bonchev–Trinajstić information content (AvgIpc) is 2.17. The van der Waals surface area contributed by atoms with E-state index in [4.69, 9.17) is 0 Å². The van der Waals surface area contributed by atoms with Crippen LogP contribution in [0, 0.1) is 11.8 Å². The lowest BCUT2D eigenvalue weighted by molar-refractivity contribution is -0.125. The average molecular weight is 174 g/mol. The zero-order valence-electron chi connectivity index (χ0n) is 7.89. The number of hydrogen-bond acceptors (Lipinski definition) is 2. The van der Waals surface area contributed by atoms with Crippen molar-refractivity contribution in [3.05, 3.63) is 0 Å². The van der Waals surface area contributed by atoms with Crippen molar-refractivity contribution in [3.8, 4) is 0 Å². The summed E-state index contributed by atoms with van der Waals surface area (Å²) in [4.78, 5) is 11.3. The van der Waals surface area contributed by atoms with Crippen molar-refractivity contribution in [2.75, 3.05) is 20.1 Å². The van der Waals surface area contributed by atoms with E-state index in [1.807, 2.05) is 0 Å². The van der Waals surface area contributed by atoms with Gasteiger partial charge in [0.05, 0.1) is 5.92 Å². The molecular formula is C9H22N2O. The summed E-state index contributed by atoms with van der Waals surface area (Å²) < 4.78 is 0. The van der Waals surface area contributed by atoms with E-state index >= 15 is 0 Å². The number of amides is 1. The summed E-state index contributed by atoms with van der Waals surface area (Å²) in [6.07, 6.45) is 2.21. The van der Waals surface area contributed by atoms with E-state index in [9.17, 15) is 4.79 Å². The molecule has 2 N–H and O–H groups in total. The molecule has 0 spiro atoms. The van der Waals surface area contributed by atoms with E-state index in [0.717, 1.165) is 19.5 Å². The fourth-order valence-electron chi connectivity index (χ4n) is 1.75. The molecule has 1 amide bonds. The van der Waals surface area contributed by atoms with Crippen LogP contribution in [0.2, 0.25) is 0 Å². The lowest BCUT2D eigenvalue weighted by Crippen LogP contribution is -2.42. The molecule has 0 bridgehead atoms. The van der Waals surface area contributed by atoms with Crippen LogP contribution in [-0.2, 0) is 4.79 Å². The van der Waals surface area contributed by atoms with Gasteiger partial charge in [-0.3, -0.25) is 4.79 Å². The van der Waals surface area contributed by atoms with E-state index in [0.29, 0.717) is 5.92 Å². The molecule has 3 nitrogen and oxygen atoms in total. The maximum atomic E-state index is 11.3. The minimum Gasteiger partial charge on any atom is -0.359 e. The van der Waals surface area contributed by atoms with Crippen LogP contribution in [0.5, 0.6) is 0 Å². The van der Waals surface area contributed by atoms with Gasteiger partial charge in [-0.2, -0.15) is 0 Å². The molecule has 0 radical (unpaired) electrons. The highest BCUT2D eigenvalue weighted by molar-refractivity contribution is 5.78. The monoisotopic (exact) mass is 174 g/mol. The van der Waals surface area contributed by atoms with Gasteiger partial charge < -0.3 is 10.6 Å². The van der Waals surface area contributed by atoms with Gasteiger partial charge in [-0.1, -0.05) is 13.3 Å². The zero-order valence-corrected chi connectivity index (χ0v) is 7.89. The van der Waals surface area contributed by atoms with Gasteiger partial charge >= 0.3 is 0 Å². The Kier molecular flexibility index (Phi) is 3.53. The largest absolute Gasteiger partial charge is 0.359 e. The van der Waals surface area contributed by atoms with Gasteiger partial charge in [0, 0.05) is 16.4 Å². The van der Waals surface area contributed by atoms with Gasteiger partial charge in [-0.15, -0.1) is 0 Å². The summed E-state index contributed by atoms with van der Waals surface area (Å²) in [5, 5.41) is 5.99. The molecule has 74 valence electrons. The van der Waals surface area contributed by atoms with Crippen molar-refractivity contribution in [3.63, 3.8) is 0 Å². The second-order valence-corrected chi connectivity index (χ2v) is 3.48. The van der Waals surface area contributed by atoms with E-state index in [-0.39, 0.29) is 14.7 Å². The molecular weight excluding hydrogens is 152 g/mol. The molecule has 0 aromatic rings. The third kappa shape index (κ3) is 2.21. The third-order valence-electron chi connectivity index (χ3n) is 2.64. The smallest absolute Gasteiger partial charge is 0.224 e. The summed E-state index contributed by atoms with van der Waals surface area (Å²) in [6, 6.07) is 0. The Bertz CT molecular complexity index is 167. The molecule has 2 atom stereocenters. The van der Waals surface area contributed by atoms with Crippen molar-refractivity contribution in [2.24, 2.45) is 11.8 Å². The molecule has 1 saturated heterocycles. The Labute approximate surface area is 76.9 Å². The number of carbonyl (C=O) groups is 1. The van der Waals surface area contributed by atoms with Gasteiger partial charge in [0.2, 0.25) is 5.91 Å². The van der Waals surface area contributed by atoms with Crippen LogP contribution < -0.4 is 10.6 Å². The minimum atomic E-state index is 0. The predicted octanol–water partition coefficient (Wildman–Crippen LogP) is 0.860. The van der Waals surface area contributed by atoms with Crippen molar-refractivity contribution in [1.82, 2.24) is 10.6 Å². The molecule has 12 heavy (non-hydrogen) atoms. The van der Waals surface area contributed by atoms with Crippen LogP contribution in [0.4, 0.5) is 0 Å². The highest BCUT2D eigenvalue weighted by atomic mass is 16.1. The molecule has 0 saturated carbocycles. The minimum absolute atomic E-state index is 0. The van der Waals surface area contributed by atoms with Crippen LogP contribution in [0.3, 0.4) is 0 Å². The Morgan fingerprint density at radius 2 is 2.42 bits per heavy atom. The number of hydrogen-bond donors (Lipinski definition) is 2. The molecule has 0 aromatic heterocycles. The van der Waals surface area contributed by atoms with Crippen molar-refractivity contribution >= 4 is 5.91 Å². The first-order valence-electron chi connectivity index (χ1n) is 4.70. The van der Waals surface area contributed by atoms with Crippen LogP contribution in [0.25, 0.3) is 0 Å². The molecule has 1 fully saturated rings. The standard InChI is InChI=1S/C9H18N2O.2H2/c1-3-7-4-8(6-11-5-7)9(12)10-2;;/h7-8,11H,3-6H2,1-2H3,(H,10,12);2*1H/t7-,8+;;/m0../s1. The van der Waals surface area contributed by atoms with Gasteiger partial charge in [-0.05, 0) is 18.9 Å². The van der Waals surface area contributed by atoms with Gasteiger partial charge in [0.15, 0.2) is 0 Å². The maximum Gasteiger partial charge on any atom is 0.224 e. The fraction of sp³-hybridized carbons (Fsp3) is 0.889. The van der Waals surface area contributed by atoms with Crippen LogP contribution >= 0.6 is 0 Å². The normalized spacial score (nSPS) is 29.8. The summed E-state index contributed by atoms with van der Waals surface area (Å²) in [7, 11) is 1.71. The van der Waals surface area contributed by atoms with Crippen molar-refractivity contribution in [1.29, 1.82) is 0 Å². The fourth-order valence-corrected chi connectivity index (χ4v) is 1.75. The second kappa shape index (κ2) is 4.45. The number of nitrogens with one attached hydrogen (secondary N) is 2. The van der Waals surface area contributed by atoms with E-state index in [2.05, 4.69) is 17.6 Å².